The molecule has 0 saturated carbocycles. The maximum absolute atomic E-state index is 12.5. The molecule has 0 aliphatic carbocycles. The predicted molar refractivity (Wildman–Crippen MR) is 79.6 cm³/mol. The van der Waals surface area contributed by atoms with Crippen LogP contribution in [0.5, 0.6) is 0 Å². The first-order valence-corrected chi connectivity index (χ1v) is 7.41. The van der Waals surface area contributed by atoms with Crippen molar-refractivity contribution in [2.24, 2.45) is 0 Å². The Labute approximate surface area is 129 Å². The zero-order valence-electron chi connectivity index (χ0n) is 13.4. The van der Waals surface area contributed by atoms with Crippen LogP contribution >= 0.6 is 0 Å². The van der Waals surface area contributed by atoms with Gasteiger partial charge in [-0.15, -0.1) is 0 Å². The molecule has 1 amide bonds. The van der Waals surface area contributed by atoms with Crippen LogP contribution in [-0.2, 0) is 14.3 Å². The third-order valence-electron chi connectivity index (χ3n) is 4.13. The number of hydrogen-bond donors (Lipinski definition) is 1. The largest absolute Gasteiger partial charge is 0.480 e. The SMILES string of the molecule is COC1CC(C(=O)O)N(C(=O)CC(C)n2nc(C)cc2C)C1. The number of hydrogen-bond acceptors (Lipinski definition) is 4. The van der Waals surface area contributed by atoms with Gasteiger partial charge in [-0.1, -0.05) is 0 Å². The third-order valence-corrected chi connectivity index (χ3v) is 4.13. The highest BCUT2D eigenvalue weighted by atomic mass is 16.5. The van der Waals surface area contributed by atoms with E-state index in [9.17, 15) is 14.7 Å². The second-order valence-electron chi connectivity index (χ2n) is 5.92. The van der Waals surface area contributed by atoms with E-state index < -0.39 is 12.0 Å². The van der Waals surface area contributed by atoms with Gasteiger partial charge < -0.3 is 14.7 Å². The number of methoxy groups -OCH3 is 1. The number of aromatic nitrogens is 2. The number of carbonyl (C=O) groups is 2. The first kappa shape index (κ1) is 16.5. The maximum Gasteiger partial charge on any atom is 0.326 e. The molecule has 1 aliphatic heterocycles. The maximum atomic E-state index is 12.5. The molecule has 3 atom stereocenters. The van der Waals surface area contributed by atoms with Crippen LogP contribution in [0.3, 0.4) is 0 Å². The van der Waals surface area contributed by atoms with Crippen LogP contribution in [0.2, 0.25) is 0 Å². The molecular formula is C15H23N3O4. The zero-order valence-corrected chi connectivity index (χ0v) is 13.4. The lowest BCUT2D eigenvalue weighted by atomic mass is 10.1. The molecule has 122 valence electrons. The van der Waals surface area contributed by atoms with E-state index in [1.807, 2.05) is 31.5 Å². The average molecular weight is 309 g/mol. The van der Waals surface area contributed by atoms with Crippen molar-refractivity contribution in [3.63, 3.8) is 0 Å². The Balaban J connectivity index is 2.07. The van der Waals surface area contributed by atoms with Crippen LogP contribution in [-0.4, -0.2) is 57.5 Å². The van der Waals surface area contributed by atoms with Crippen LogP contribution in [0.25, 0.3) is 0 Å². The van der Waals surface area contributed by atoms with Crippen molar-refractivity contribution in [3.8, 4) is 0 Å². The second-order valence-corrected chi connectivity index (χ2v) is 5.92. The van der Waals surface area contributed by atoms with E-state index in [2.05, 4.69) is 5.10 Å². The number of likely N-dealkylation sites (tertiary alicyclic amines) is 1. The van der Waals surface area contributed by atoms with E-state index in [0.29, 0.717) is 13.0 Å². The van der Waals surface area contributed by atoms with E-state index in [1.165, 1.54) is 12.0 Å². The number of carbonyl (C=O) groups excluding carboxylic acids is 1. The standard InChI is InChI=1S/C15H23N3O4/c1-9-5-10(2)18(16-9)11(3)6-14(19)17-8-12(22-4)7-13(17)15(20)21/h5,11-13H,6-8H2,1-4H3,(H,20,21). The number of nitrogens with zero attached hydrogens (tertiary/aromatic N) is 3. The van der Waals surface area contributed by atoms with Crippen molar-refractivity contribution in [3.05, 3.63) is 17.5 Å². The number of amides is 1. The van der Waals surface area contributed by atoms with Crippen molar-refractivity contribution < 1.29 is 19.4 Å². The van der Waals surface area contributed by atoms with Gasteiger partial charge >= 0.3 is 5.97 Å². The molecule has 1 aromatic rings. The van der Waals surface area contributed by atoms with Crippen molar-refractivity contribution in [1.29, 1.82) is 0 Å². The number of ether oxygens (including phenoxy) is 1. The Hall–Kier alpha value is -1.89. The summed E-state index contributed by atoms with van der Waals surface area (Å²) < 4.78 is 7.02. The number of rotatable bonds is 5. The van der Waals surface area contributed by atoms with Gasteiger partial charge in [-0.25, -0.2) is 4.79 Å². The molecule has 3 unspecified atom stereocenters. The lowest BCUT2D eigenvalue weighted by Crippen LogP contribution is -2.41. The van der Waals surface area contributed by atoms with Gasteiger partial charge in [0.15, 0.2) is 0 Å². The summed E-state index contributed by atoms with van der Waals surface area (Å²) >= 11 is 0. The van der Waals surface area contributed by atoms with Crippen LogP contribution < -0.4 is 0 Å². The topological polar surface area (TPSA) is 84.7 Å². The summed E-state index contributed by atoms with van der Waals surface area (Å²) in [4.78, 5) is 25.2. The van der Waals surface area contributed by atoms with Gasteiger partial charge in [-0.05, 0) is 26.8 Å². The number of carboxylic acids is 1. The minimum atomic E-state index is -0.980. The minimum Gasteiger partial charge on any atom is -0.480 e. The summed E-state index contributed by atoms with van der Waals surface area (Å²) in [5.74, 6) is -1.15. The summed E-state index contributed by atoms with van der Waals surface area (Å²) in [5, 5.41) is 13.7. The average Bonchev–Trinajstić information content (AvgIpc) is 3.01. The van der Waals surface area contributed by atoms with Gasteiger partial charge in [0.2, 0.25) is 5.91 Å². The Bertz CT molecular complexity index is 569. The van der Waals surface area contributed by atoms with Gasteiger partial charge in [0.05, 0.1) is 17.8 Å². The lowest BCUT2D eigenvalue weighted by molar-refractivity contribution is -0.148. The monoisotopic (exact) mass is 309 g/mol. The van der Waals surface area contributed by atoms with E-state index in [1.54, 1.807) is 0 Å². The normalized spacial score (nSPS) is 22.8. The Morgan fingerprint density at radius 2 is 2.18 bits per heavy atom. The molecule has 0 aromatic carbocycles. The van der Waals surface area contributed by atoms with Gasteiger partial charge in [-0.2, -0.15) is 5.10 Å². The fourth-order valence-electron chi connectivity index (χ4n) is 3.03. The summed E-state index contributed by atoms with van der Waals surface area (Å²) in [6.45, 7) is 6.09. The molecule has 0 radical (unpaired) electrons. The highest BCUT2D eigenvalue weighted by molar-refractivity contribution is 5.84. The van der Waals surface area contributed by atoms with Gasteiger partial charge in [0.25, 0.3) is 0 Å². The molecule has 22 heavy (non-hydrogen) atoms. The Morgan fingerprint density at radius 1 is 1.50 bits per heavy atom. The van der Waals surface area contributed by atoms with Crippen LogP contribution in [0.15, 0.2) is 6.07 Å². The Morgan fingerprint density at radius 3 is 2.68 bits per heavy atom. The molecule has 0 bridgehead atoms. The van der Waals surface area contributed by atoms with E-state index >= 15 is 0 Å². The summed E-state index contributed by atoms with van der Waals surface area (Å²) in [7, 11) is 1.54. The summed E-state index contributed by atoms with van der Waals surface area (Å²) in [5.41, 5.74) is 1.89. The molecule has 7 nitrogen and oxygen atoms in total. The zero-order chi connectivity index (χ0) is 16.4. The lowest BCUT2D eigenvalue weighted by Gasteiger charge is -2.23. The number of aryl methyl sites for hydroxylation is 2. The fraction of sp³-hybridized carbons (Fsp3) is 0.667. The van der Waals surface area contributed by atoms with Crippen LogP contribution in [0, 0.1) is 13.8 Å². The summed E-state index contributed by atoms with van der Waals surface area (Å²) in [6, 6.07) is 1.04. The molecule has 1 saturated heterocycles. The van der Waals surface area contributed by atoms with Crippen molar-refractivity contribution in [2.45, 2.75) is 51.8 Å². The predicted octanol–water partition coefficient (Wildman–Crippen LogP) is 1.15. The number of carboxylic acid groups (broad SMARTS) is 1. The first-order valence-electron chi connectivity index (χ1n) is 7.41. The second kappa shape index (κ2) is 6.48. The van der Waals surface area contributed by atoms with E-state index in [0.717, 1.165) is 11.4 Å². The van der Waals surface area contributed by atoms with Crippen LogP contribution in [0.1, 0.15) is 37.2 Å². The fourth-order valence-corrected chi connectivity index (χ4v) is 3.03. The summed E-state index contributed by atoms with van der Waals surface area (Å²) in [6.07, 6.45) is 0.350. The molecule has 1 fully saturated rings. The third kappa shape index (κ3) is 3.30. The molecule has 1 N–H and O–H groups in total. The van der Waals surface area contributed by atoms with Crippen molar-refractivity contribution in [1.82, 2.24) is 14.7 Å². The molecule has 2 rings (SSSR count). The smallest absolute Gasteiger partial charge is 0.326 e. The minimum absolute atomic E-state index is 0.114. The quantitative estimate of drug-likeness (QED) is 0.882. The van der Waals surface area contributed by atoms with E-state index in [-0.39, 0.29) is 24.5 Å². The Kier molecular flexibility index (Phi) is 4.85. The molecule has 2 heterocycles. The van der Waals surface area contributed by atoms with Gasteiger partial charge in [0.1, 0.15) is 6.04 Å². The van der Waals surface area contributed by atoms with Gasteiger partial charge in [-0.3, -0.25) is 9.48 Å². The highest BCUT2D eigenvalue weighted by Gasteiger charge is 2.40. The first-order chi connectivity index (χ1) is 10.3. The molecule has 7 heteroatoms. The van der Waals surface area contributed by atoms with Crippen LogP contribution in [0.4, 0.5) is 0 Å². The molecule has 1 aromatic heterocycles. The molecular weight excluding hydrogens is 286 g/mol. The van der Waals surface area contributed by atoms with E-state index in [4.69, 9.17) is 4.74 Å². The number of aliphatic carboxylic acids is 1. The molecule has 1 aliphatic rings. The van der Waals surface area contributed by atoms with Crippen molar-refractivity contribution in [2.75, 3.05) is 13.7 Å². The molecule has 0 spiro atoms. The van der Waals surface area contributed by atoms with Crippen molar-refractivity contribution >= 4 is 11.9 Å². The highest BCUT2D eigenvalue weighted by Crippen LogP contribution is 2.23. The van der Waals surface area contributed by atoms with Gasteiger partial charge in [0, 0.05) is 32.2 Å².